The predicted molar refractivity (Wildman–Crippen MR) is 86.0 cm³/mol. The molecule has 0 aromatic carbocycles. The molecule has 1 heterocycles. The van der Waals surface area contributed by atoms with Crippen LogP contribution >= 0.6 is 0 Å². The number of alkyl halides is 1. The van der Waals surface area contributed by atoms with Crippen molar-refractivity contribution < 1.29 is 4.39 Å². The molecule has 3 heteroatoms. The first kappa shape index (κ1) is 15.7. The number of fused-ring (bicyclic) bond motifs is 1. The quantitative estimate of drug-likeness (QED) is 0.819. The summed E-state index contributed by atoms with van der Waals surface area (Å²) in [5.74, 6) is 0.580. The number of nitrogens with zero attached hydrogens (tertiary/aromatic N) is 1. The molecular formula is C18H33FN2. The van der Waals surface area contributed by atoms with E-state index in [1.165, 1.54) is 32.1 Å². The number of hydrogen-bond donors (Lipinski definition) is 1. The van der Waals surface area contributed by atoms with Gasteiger partial charge in [-0.2, -0.15) is 0 Å². The summed E-state index contributed by atoms with van der Waals surface area (Å²) in [7, 11) is 0. The van der Waals surface area contributed by atoms with Crippen LogP contribution in [0.4, 0.5) is 4.39 Å². The van der Waals surface area contributed by atoms with E-state index in [-0.39, 0.29) is 5.54 Å². The van der Waals surface area contributed by atoms with Crippen molar-refractivity contribution in [2.45, 2.75) is 109 Å². The standard InChI is InChI=1S/C18H33FN2/c1-18(2,3)21-16-10-5-4-9-15(16)20-17(21)12-13-7-6-8-14(19)11-13/h13-17,20H,4-12H2,1-3H3. The van der Waals surface area contributed by atoms with Crippen LogP contribution < -0.4 is 5.32 Å². The molecule has 0 aromatic heterocycles. The van der Waals surface area contributed by atoms with Crippen molar-refractivity contribution in [3.63, 3.8) is 0 Å². The van der Waals surface area contributed by atoms with E-state index in [2.05, 4.69) is 31.0 Å². The van der Waals surface area contributed by atoms with Crippen molar-refractivity contribution in [2.75, 3.05) is 0 Å². The van der Waals surface area contributed by atoms with Crippen LogP contribution in [0.1, 0.15) is 78.6 Å². The number of rotatable bonds is 2. The molecule has 2 saturated carbocycles. The van der Waals surface area contributed by atoms with Gasteiger partial charge in [-0.3, -0.25) is 10.2 Å². The predicted octanol–water partition coefficient (Wildman–Crippen LogP) is 4.25. The van der Waals surface area contributed by atoms with Crippen molar-refractivity contribution in [2.24, 2.45) is 5.92 Å². The first-order chi connectivity index (χ1) is 9.95. The van der Waals surface area contributed by atoms with Crippen molar-refractivity contribution in [3.8, 4) is 0 Å². The molecule has 0 spiro atoms. The summed E-state index contributed by atoms with van der Waals surface area (Å²) < 4.78 is 13.7. The molecule has 0 aromatic rings. The molecule has 0 radical (unpaired) electrons. The summed E-state index contributed by atoms with van der Waals surface area (Å²) in [4.78, 5) is 2.73. The normalized spacial score (nSPS) is 42.0. The molecule has 5 unspecified atom stereocenters. The van der Waals surface area contributed by atoms with Crippen LogP contribution in [-0.4, -0.2) is 34.9 Å². The van der Waals surface area contributed by atoms with Crippen molar-refractivity contribution in [3.05, 3.63) is 0 Å². The zero-order chi connectivity index (χ0) is 15.0. The van der Waals surface area contributed by atoms with E-state index in [1.807, 2.05) is 0 Å². The molecule has 0 amide bonds. The minimum Gasteiger partial charge on any atom is -0.297 e. The lowest BCUT2D eigenvalue weighted by atomic mass is 9.84. The Morgan fingerprint density at radius 1 is 1.05 bits per heavy atom. The third-order valence-corrected chi connectivity index (χ3v) is 5.88. The summed E-state index contributed by atoms with van der Waals surface area (Å²) in [6.45, 7) is 7.03. The number of hydrogen-bond acceptors (Lipinski definition) is 2. The monoisotopic (exact) mass is 296 g/mol. The van der Waals surface area contributed by atoms with E-state index in [4.69, 9.17) is 0 Å². The lowest BCUT2D eigenvalue weighted by molar-refractivity contribution is 0.0429. The fourth-order valence-electron chi connectivity index (χ4n) is 5.10. The molecule has 1 N–H and O–H groups in total. The molecule has 1 saturated heterocycles. The number of halogens is 1. The lowest BCUT2D eigenvalue weighted by Crippen LogP contribution is -2.52. The molecular weight excluding hydrogens is 263 g/mol. The molecule has 122 valence electrons. The van der Waals surface area contributed by atoms with Gasteiger partial charge in [0.1, 0.15) is 6.17 Å². The maximum atomic E-state index is 13.7. The first-order valence-electron chi connectivity index (χ1n) is 9.13. The molecule has 2 nitrogen and oxygen atoms in total. The van der Waals surface area contributed by atoms with Gasteiger partial charge in [-0.05, 0) is 58.8 Å². The van der Waals surface area contributed by atoms with Gasteiger partial charge in [-0.15, -0.1) is 0 Å². The summed E-state index contributed by atoms with van der Waals surface area (Å²) in [6, 6.07) is 1.38. The molecule has 1 aliphatic heterocycles. The van der Waals surface area contributed by atoms with Gasteiger partial charge in [0.2, 0.25) is 0 Å². The maximum absolute atomic E-state index is 13.7. The zero-order valence-corrected chi connectivity index (χ0v) is 14.1. The van der Waals surface area contributed by atoms with Gasteiger partial charge in [0, 0.05) is 17.6 Å². The highest BCUT2D eigenvalue weighted by atomic mass is 19.1. The van der Waals surface area contributed by atoms with E-state index in [9.17, 15) is 4.39 Å². The van der Waals surface area contributed by atoms with Crippen LogP contribution in [0.5, 0.6) is 0 Å². The smallest absolute Gasteiger partial charge is 0.100 e. The average molecular weight is 296 g/mol. The molecule has 3 fully saturated rings. The van der Waals surface area contributed by atoms with Gasteiger partial charge in [-0.1, -0.05) is 25.7 Å². The molecule has 2 aliphatic carbocycles. The van der Waals surface area contributed by atoms with Gasteiger partial charge in [0.05, 0.1) is 6.17 Å². The second kappa shape index (κ2) is 6.16. The molecule has 3 rings (SSSR count). The van der Waals surface area contributed by atoms with E-state index >= 15 is 0 Å². The largest absolute Gasteiger partial charge is 0.297 e. The van der Waals surface area contributed by atoms with Gasteiger partial charge < -0.3 is 0 Å². The van der Waals surface area contributed by atoms with Crippen LogP contribution in [0.3, 0.4) is 0 Å². The van der Waals surface area contributed by atoms with Gasteiger partial charge in [0.15, 0.2) is 0 Å². The van der Waals surface area contributed by atoms with E-state index in [0.29, 0.717) is 24.2 Å². The Balaban J connectivity index is 1.70. The van der Waals surface area contributed by atoms with E-state index < -0.39 is 6.17 Å². The maximum Gasteiger partial charge on any atom is 0.100 e. The van der Waals surface area contributed by atoms with Crippen LogP contribution in [-0.2, 0) is 0 Å². The zero-order valence-electron chi connectivity index (χ0n) is 14.1. The summed E-state index contributed by atoms with van der Waals surface area (Å²) in [5.41, 5.74) is 0.207. The minimum absolute atomic E-state index is 0.207. The highest BCUT2D eigenvalue weighted by Gasteiger charge is 2.46. The Hall–Kier alpha value is -0.150. The molecule has 3 aliphatic rings. The summed E-state index contributed by atoms with van der Waals surface area (Å²) >= 11 is 0. The SMILES string of the molecule is CC(C)(C)N1C(CC2CCCC(F)C2)NC2CCCCC21. The van der Waals surface area contributed by atoms with Gasteiger partial charge in [0.25, 0.3) is 0 Å². The van der Waals surface area contributed by atoms with E-state index in [1.54, 1.807) is 0 Å². The van der Waals surface area contributed by atoms with Crippen LogP contribution in [0.15, 0.2) is 0 Å². The topological polar surface area (TPSA) is 15.3 Å². The fraction of sp³-hybridized carbons (Fsp3) is 1.00. The van der Waals surface area contributed by atoms with Crippen molar-refractivity contribution in [1.82, 2.24) is 10.2 Å². The van der Waals surface area contributed by atoms with Crippen molar-refractivity contribution in [1.29, 1.82) is 0 Å². The first-order valence-corrected chi connectivity index (χ1v) is 9.13. The Labute approximate surface area is 129 Å². The second-order valence-electron chi connectivity index (χ2n) is 8.58. The average Bonchev–Trinajstić information content (AvgIpc) is 2.76. The minimum atomic E-state index is -0.546. The van der Waals surface area contributed by atoms with Gasteiger partial charge >= 0.3 is 0 Å². The van der Waals surface area contributed by atoms with Crippen LogP contribution in [0.2, 0.25) is 0 Å². The van der Waals surface area contributed by atoms with Gasteiger partial charge in [-0.25, -0.2) is 4.39 Å². The van der Waals surface area contributed by atoms with Crippen molar-refractivity contribution >= 4 is 0 Å². The Bertz CT molecular complexity index is 352. The van der Waals surface area contributed by atoms with Crippen LogP contribution in [0, 0.1) is 5.92 Å². The van der Waals surface area contributed by atoms with E-state index in [0.717, 1.165) is 25.7 Å². The molecule has 5 atom stereocenters. The second-order valence-corrected chi connectivity index (χ2v) is 8.58. The Morgan fingerprint density at radius 3 is 2.52 bits per heavy atom. The molecule has 0 bridgehead atoms. The Morgan fingerprint density at radius 2 is 1.81 bits per heavy atom. The summed E-state index contributed by atoms with van der Waals surface area (Å²) in [6.07, 6.45) is 10.4. The molecule has 21 heavy (non-hydrogen) atoms. The highest BCUT2D eigenvalue weighted by molar-refractivity contribution is 5.02. The van der Waals surface area contributed by atoms with Crippen LogP contribution in [0.25, 0.3) is 0 Å². The highest BCUT2D eigenvalue weighted by Crippen LogP contribution is 2.39. The summed E-state index contributed by atoms with van der Waals surface area (Å²) in [5, 5.41) is 3.92. The number of nitrogens with one attached hydrogen (secondary N) is 1. The third kappa shape index (κ3) is 3.44. The fourth-order valence-corrected chi connectivity index (χ4v) is 5.10. The third-order valence-electron chi connectivity index (χ3n) is 5.88. The Kier molecular flexibility index (Phi) is 4.61. The lowest BCUT2D eigenvalue weighted by Gasteiger charge is -2.43.